The third kappa shape index (κ3) is 6.01. The maximum Gasteiger partial charge on any atom is 0.328 e. The molecule has 1 aromatic heterocycles. The van der Waals surface area contributed by atoms with Crippen LogP contribution in [0.1, 0.15) is 47.6 Å². The summed E-state index contributed by atoms with van der Waals surface area (Å²) >= 11 is 0. The zero-order chi connectivity index (χ0) is 32.3. The molecule has 0 radical (unpaired) electrons. The van der Waals surface area contributed by atoms with Crippen LogP contribution in [0.2, 0.25) is 0 Å². The Kier molecular flexibility index (Phi) is 9.42. The van der Waals surface area contributed by atoms with Gasteiger partial charge in [-0.1, -0.05) is 54.6 Å². The van der Waals surface area contributed by atoms with E-state index in [0.717, 1.165) is 29.5 Å². The van der Waals surface area contributed by atoms with Crippen molar-refractivity contribution in [1.29, 1.82) is 0 Å². The number of nitrogens with one attached hydrogen (secondary N) is 1. The van der Waals surface area contributed by atoms with Crippen molar-refractivity contribution in [3.05, 3.63) is 128 Å². The van der Waals surface area contributed by atoms with Gasteiger partial charge in [0.15, 0.2) is 0 Å². The first-order chi connectivity index (χ1) is 22.3. The van der Waals surface area contributed by atoms with Crippen molar-refractivity contribution in [2.24, 2.45) is 0 Å². The third-order valence-corrected chi connectivity index (χ3v) is 9.08. The summed E-state index contributed by atoms with van der Waals surface area (Å²) in [5, 5.41) is 11.8. The Hall–Kier alpha value is -4.22. The minimum Gasteiger partial charge on any atom is -0.497 e. The van der Waals surface area contributed by atoms with Crippen molar-refractivity contribution < 1.29 is 28.8 Å². The Morgan fingerprint density at radius 3 is 2.11 bits per heavy atom. The van der Waals surface area contributed by atoms with Crippen LogP contribution < -0.4 is 20.7 Å². The van der Waals surface area contributed by atoms with E-state index in [1.165, 1.54) is 10.8 Å². The number of aryl methyl sites for hydroxylation is 1. The fraction of sp³-hybridized carbons (Fsp3) is 0.389. The van der Waals surface area contributed by atoms with Crippen LogP contribution in [0.5, 0.6) is 11.5 Å². The van der Waals surface area contributed by atoms with E-state index in [0.29, 0.717) is 30.1 Å². The summed E-state index contributed by atoms with van der Waals surface area (Å²) < 4.78 is 32.3. The van der Waals surface area contributed by atoms with Gasteiger partial charge in [-0.15, -0.1) is 0 Å². The van der Waals surface area contributed by atoms with Gasteiger partial charge in [0.05, 0.1) is 33.0 Å². The predicted octanol–water partition coefficient (Wildman–Crippen LogP) is 4.11. The van der Waals surface area contributed by atoms with E-state index in [2.05, 4.69) is 4.98 Å². The number of aromatic nitrogens is 2. The number of benzene rings is 3. The first kappa shape index (κ1) is 31.7. The average Bonchev–Trinajstić information content (AvgIpc) is 3.08. The lowest BCUT2D eigenvalue weighted by Crippen LogP contribution is -2.59. The molecule has 2 unspecified atom stereocenters. The van der Waals surface area contributed by atoms with Crippen LogP contribution in [0, 0.1) is 6.92 Å². The number of fused-ring (bicyclic) bond motifs is 2. The number of nitrogens with zero attached hydrogens (tertiary/aromatic N) is 1. The normalized spacial score (nSPS) is 23.3. The molecule has 2 aliphatic rings. The molecule has 3 heterocycles. The van der Waals surface area contributed by atoms with Gasteiger partial charge in [0, 0.05) is 18.4 Å². The van der Waals surface area contributed by atoms with Crippen molar-refractivity contribution in [2.75, 3.05) is 27.4 Å². The van der Waals surface area contributed by atoms with Gasteiger partial charge in [-0.25, -0.2) is 4.79 Å². The maximum absolute atomic E-state index is 13.0. The molecular formula is C36H40N2O8. The number of H-pyrrole nitrogens is 1. The molecule has 6 rings (SSSR count). The van der Waals surface area contributed by atoms with E-state index in [4.69, 9.17) is 23.7 Å². The van der Waals surface area contributed by atoms with Crippen LogP contribution in [0.25, 0.3) is 0 Å². The second-order valence-corrected chi connectivity index (χ2v) is 11.8. The highest BCUT2D eigenvalue weighted by Crippen LogP contribution is 2.43. The summed E-state index contributed by atoms with van der Waals surface area (Å²) in [4.78, 5) is 27.5. The number of methoxy groups -OCH3 is 2. The van der Waals surface area contributed by atoms with Crippen LogP contribution in [0.15, 0.2) is 94.6 Å². The lowest BCUT2D eigenvalue weighted by molar-refractivity contribution is -0.233. The molecule has 2 saturated heterocycles. The first-order valence-corrected chi connectivity index (χ1v) is 15.6. The summed E-state index contributed by atoms with van der Waals surface area (Å²) in [6.45, 7) is 2.09. The second kappa shape index (κ2) is 13.6. The first-order valence-electron chi connectivity index (χ1n) is 15.6. The fourth-order valence-corrected chi connectivity index (χ4v) is 6.68. The van der Waals surface area contributed by atoms with Crippen LogP contribution in [0.4, 0.5) is 0 Å². The number of aliphatic hydroxyl groups excluding tert-OH is 1. The molecule has 2 fully saturated rings. The van der Waals surface area contributed by atoms with Gasteiger partial charge < -0.3 is 28.8 Å². The van der Waals surface area contributed by atoms with E-state index in [9.17, 15) is 14.7 Å². The Labute approximate surface area is 267 Å². The zero-order valence-corrected chi connectivity index (χ0v) is 26.3. The second-order valence-electron chi connectivity index (χ2n) is 11.8. The number of rotatable bonds is 9. The Morgan fingerprint density at radius 1 is 0.891 bits per heavy atom. The van der Waals surface area contributed by atoms with Crippen molar-refractivity contribution in [1.82, 2.24) is 9.55 Å². The predicted molar refractivity (Wildman–Crippen MR) is 172 cm³/mol. The van der Waals surface area contributed by atoms with E-state index in [1.807, 2.05) is 78.9 Å². The zero-order valence-electron chi connectivity index (χ0n) is 26.3. The lowest BCUT2D eigenvalue weighted by atomic mass is 9.79. The Bertz CT molecular complexity index is 1670. The summed E-state index contributed by atoms with van der Waals surface area (Å²) in [6.07, 6.45) is 0.684. The maximum atomic E-state index is 13.0. The van der Waals surface area contributed by atoms with Gasteiger partial charge in [-0.3, -0.25) is 14.3 Å². The number of aliphatic hydroxyl groups is 1. The molecule has 4 aromatic rings. The molecule has 2 aliphatic heterocycles. The van der Waals surface area contributed by atoms with E-state index in [-0.39, 0.29) is 6.61 Å². The fourth-order valence-electron chi connectivity index (χ4n) is 6.68. The molecular weight excluding hydrogens is 588 g/mol. The number of aromatic amines is 1. The molecule has 2 N–H and O–H groups in total. The molecule has 46 heavy (non-hydrogen) atoms. The highest BCUT2D eigenvalue weighted by molar-refractivity contribution is 5.49. The summed E-state index contributed by atoms with van der Waals surface area (Å²) in [6, 6.07) is 24.8. The Morgan fingerprint density at radius 2 is 1.50 bits per heavy atom. The van der Waals surface area contributed by atoms with Crippen molar-refractivity contribution in [2.45, 2.75) is 62.2 Å². The van der Waals surface area contributed by atoms with Crippen molar-refractivity contribution in [3.63, 3.8) is 0 Å². The minimum absolute atomic E-state index is 0.0107. The highest BCUT2D eigenvalue weighted by atomic mass is 16.6. The van der Waals surface area contributed by atoms with Crippen LogP contribution in [-0.4, -0.2) is 66.5 Å². The molecule has 3 aromatic carbocycles. The van der Waals surface area contributed by atoms with E-state index >= 15 is 0 Å². The van der Waals surface area contributed by atoms with Gasteiger partial charge in [-0.2, -0.15) is 0 Å². The molecule has 10 heteroatoms. The van der Waals surface area contributed by atoms with Gasteiger partial charge in [0.25, 0.3) is 5.56 Å². The number of hydrogen-bond acceptors (Lipinski definition) is 8. The molecule has 0 spiro atoms. The molecule has 2 bridgehead atoms. The highest BCUT2D eigenvalue weighted by Gasteiger charge is 2.49. The summed E-state index contributed by atoms with van der Waals surface area (Å²) in [7, 11) is 3.25. The molecule has 0 aliphatic carbocycles. The molecule has 10 nitrogen and oxygen atoms in total. The topological polar surface area (TPSA) is 121 Å². The average molecular weight is 629 g/mol. The lowest BCUT2D eigenvalue weighted by Gasteiger charge is -2.47. The minimum atomic E-state index is -1.13. The number of ether oxygens (including phenoxy) is 5. The SMILES string of the molecule is COc1ccc(C(OC[C@H]2OC3CCCCO[C@@H](C2O)[C@@H]3n2cc(C)c(=O)[nH]c2=O)(c2ccccc2)c2ccc(OC)cc2)cc1. The van der Waals surface area contributed by atoms with Crippen LogP contribution in [-0.2, 0) is 19.8 Å². The third-order valence-electron chi connectivity index (χ3n) is 9.08. The monoisotopic (exact) mass is 628 g/mol. The Balaban J connectivity index is 1.41. The van der Waals surface area contributed by atoms with Crippen LogP contribution in [0.3, 0.4) is 0 Å². The van der Waals surface area contributed by atoms with E-state index in [1.54, 1.807) is 21.1 Å². The molecule has 5 atom stereocenters. The van der Waals surface area contributed by atoms with Gasteiger partial charge in [0.2, 0.25) is 0 Å². The quantitative estimate of drug-likeness (QED) is 0.266. The van der Waals surface area contributed by atoms with E-state index < -0.39 is 47.3 Å². The standard InChI is InChI=1S/C36H40N2O8/c1-23-21-38(35(41)37-34(23)40)31-29-11-7-8-20-44-33(31)32(39)30(46-29)22-45-36(24-9-5-4-6-10-24,25-12-16-27(42-2)17-13-25)26-14-18-28(43-3)19-15-26/h4-6,9-10,12-19,21,29-33,39H,7-8,11,20,22H2,1-3H3,(H,37,40,41)/t29?,30-,31-,32?,33-/m1/s1. The van der Waals surface area contributed by atoms with Gasteiger partial charge in [-0.05, 0) is 67.1 Å². The largest absolute Gasteiger partial charge is 0.497 e. The molecule has 0 amide bonds. The van der Waals surface area contributed by atoms with Gasteiger partial charge >= 0.3 is 5.69 Å². The summed E-state index contributed by atoms with van der Waals surface area (Å²) in [5.74, 6) is 1.42. The van der Waals surface area contributed by atoms with Gasteiger partial charge in [0.1, 0.15) is 35.4 Å². The molecule has 242 valence electrons. The summed E-state index contributed by atoms with van der Waals surface area (Å²) in [5.41, 5.74) is 0.875. The van der Waals surface area contributed by atoms with Crippen LogP contribution >= 0.6 is 0 Å². The smallest absolute Gasteiger partial charge is 0.328 e. The van der Waals surface area contributed by atoms with Crippen molar-refractivity contribution >= 4 is 0 Å². The number of hydrogen-bond donors (Lipinski definition) is 2. The molecule has 0 saturated carbocycles. The van der Waals surface area contributed by atoms with Crippen molar-refractivity contribution in [3.8, 4) is 11.5 Å².